The van der Waals surface area contributed by atoms with Gasteiger partial charge in [0.05, 0.1) is 0 Å². The van der Waals surface area contributed by atoms with Gasteiger partial charge in [0.15, 0.2) is 5.78 Å². The summed E-state index contributed by atoms with van der Waals surface area (Å²) in [6, 6.07) is 22.0. The number of anilines is 1. The predicted octanol–water partition coefficient (Wildman–Crippen LogP) is 5.12. The lowest BCUT2D eigenvalue weighted by molar-refractivity contribution is 0.100. The molecule has 3 aromatic rings. The Morgan fingerprint density at radius 3 is 2.57 bits per heavy atom. The van der Waals surface area contributed by atoms with Crippen LogP contribution in [0.15, 0.2) is 83.9 Å². The van der Waals surface area contributed by atoms with Gasteiger partial charge in [-0.3, -0.25) is 4.79 Å². The maximum absolute atomic E-state index is 12.6. The summed E-state index contributed by atoms with van der Waals surface area (Å²) in [4.78, 5) is 13.6. The van der Waals surface area contributed by atoms with E-state index in [1.807, 2.05) is 48.5 Å². The van der Waals surface area contributed by atoms with E-state index in [4.69, 9.17) is 0 Å². The van der Waals surface area contributed by atoms with Crippen LogP contribution in [-0.2, 0) is 0 Å². The second-order valence-electron chi connectivity index (χ2n) is 5.54. The summed E-state index contributed by atoms with van der Waals surface area (Å²) in [7, 11) is 0. The molecule has 1 aliphatic heterocycles. The molecule has 0 fully saturated rings. The fraction of sp³-hybridized carbons (Fsp3) is 0.0500. The van der Waals surface area contributed by atoms with E-state index in [1.165, 1.54) is 5.39 Å². The van der Waals surface area contributed by atoms with Crippen LogP contribution in [0.25, 0.3) is 10.8 Å². The molecule has 4 rings (SSSR count). The van der Waals surface area contributed by atoms with Crippen LogP contribution in [0.1, 0.15) is 10.4 Å². The highest BCUT2D eigenvalue weighted by Gasteiger charge is 2.33. The monoisotopic (exact) mass is 317 g/mol. The highest BCUT2D eigenvalue weighted by Crippen LogP contribution is 2.40. The number of ketones is 1. The van der Waals surface area contributed by atoms with Crippen LogP contribution in [-0.4, -0.2) is 11.0 Å². The van der Waals surface area contributed by atoms with E-state index in [-0.39, 0.29) is 11.0 Å². The number of hydrogen-bond donors (Lipinski definition) is 1. The zero-order valence-electron chi connectivity index (χ0n) is 12.5. The molecule has 0 aliphatic carbocycles. The molecule has 0 aromatic heterocycles. The van der Waals surface area contributed by atoms with Gasteiger partial charge in [0, 0.05) is 27.2 Å². The molecule has 1 N–H and O–H groups in total. The number of hydrogen-bond acceptors (Lipinski definition) is 3. The lowest BCUT2D eigenvalue weighted by Gasteiger charge is -2.16. The van der Waals surface area contributed by atoms with Crippen molar-refractivity contribution in [3.8, 4) is 0 Å². The molecule has 112 valence electrons. The smallest absolute Gasteiger partial charge is 0.183 e. The summed E-state index contributed by atoms with van der Waals surface area (Å²) in [6.07, 6.45) is 0. The Hall–Kier alpha value is -2.52. The lowest BCUT2D eigenvalue weighted by atomic mass is 10.1. The van der Waals surface area contributed by atoms with Gasteiger partial charge in [0.1, 0.15) is 5.25 Å². The van der Waals surface area contributed by atoms with Crippen molar-refractivity contribution >= 4 is 34.0 Å². The summed E-state index contributed by atoms with van der Waals surface area (Å²) < 4.78 is 0. The van der Waals surface area contributed by atoms with Crippen LogP contribution >= 0.6 is 11.8 Å². The van der Waals surface area contributed by atoms with Gasteiger partial charge in [-0.05, 0) is 17.5 Å². The maximum Gasteiger partial charge on any atom is 0.183 e. The molecule has 3 heteroatoms. The van der Waals surface area contributed by atoms with Gasteiger partial charge in [0.2, 0.25) is 0 Å². The zero-order valence-corrected chi connectivity index (χ0v) is 13.3. The minimum atomic E-state index is -0.272. The minimum absolute atomic E-state index is 0.128. The summed E-state index contributed by atoms with van der Waals surface area (Å²) in [5.74, 6) is 0.128. The van der Waals surface area contributed by atoms with Crippen LogP contribution in [0.5, 0.6) is 0 Å². The molecule has 3 aromatic carbocycles. The third-order valence-electron chi connectivity index (χ3n) is 4.04. The summed E-state index contributed by atoms with van der Waals surface area (Å²) in [5, 5.41) is 5.38. The van der Waals surface area contributed by atoms with Crippen molar-refractivity contribution < 1.29 is 4.79 Å². The van der Waals surface area contributed by atoms with Gasteiger partial charge in [-0.1, -0.05) is 61.2 Å². The van der Waals surface area contributed by atoms with Crippen molar-refractivity contribution in [3.63, 3.8) is 0 Å². The van der Waals surface area contributed by atoms with Crippen molar-refractivity contribution in [2.75, 3.05) is 5.32 Å². The lowest BCUT2D eigenvalue weighted by Crippen LogP contribution is -2.19. The molecule has 23 heavy (non-hydrogen) atoms. The topological polar surface area (TPSA) is 29.1 Å². The van der Waals surface area contributed by atoms with Gasteiger partial charge >= 0.3 is 0 Å². The number of carbonyl (C=O) groups is 1. The molecule has 1 atom stereocenters. The molecule has 2 nitrogen and oxygen atoms in total. The Labute approximate surface area is 139 Å². The molecule has 0 radical (unpaired) electrons. The SMILES string of the molecule is C=C(Nc1cccc2ccccc12)[C@@H]1Sc2ccccc2C1=O. The van der Waals surface area contributed by atoms with E-state index >= 15 is 0 Å². The highest BCUT2D eigenvalue weighted by molar-refractivity contribution is 8.01. The number of carbonyl (C=O) groups excluding carboxylic acids is 1. The first-order valence-electron chi connectivity index (χ1n) is 7.47. The van der Waals surface area contributed by atoms with Gasteiger partial charge in [-0.2, -0.15) is 0 Å². The molecular formula is C20H15NOS. The van der Waals surface area contributed by atoms with E-state index in [9.17, 15) is 4.79 Å². The second-order valence-corrected chi connectivity index (χ2v) is 6.68. The van der Waals surface area contributed by atoms with Gasteiger partial charge < -0.3 is 5.32 Å². The van der Waals surface area contributed by atoms with E-state index in [0.717, 1.165) is 27.2 Å². The molecular weight excluding hydrogens is 302 g/mol. The van der Waals surface area contributed by atoms with Crippen LogP contribution < -0.4 is 5.32 Å². The van der Waals surface area contributed by atoms with Crippen molar-refractivity contribution in [3.05, 3.63) is 84.6 Å². The Morgan fingerprint density at radius 2 is 1.70 bits per heavy atom. The molecule has 0 unspecified atom stereocenters. The van der Waals surface area contributed by atoms with Crippen molar-refractivity contribution in [1.82, 2.24) is 0 Å². The molecule has 1 aliphatic rings. The minimum Gasteiger partial charge on any atom is -0.358 e. The fourth-order valence-electron chi connectivity index (χ4n) is 2.90. The van der Waals surface area contributed by atoms with Crippen LogP contribution in [0.4, 0.5) is 5.69 Å². The number of fused-ring (bicyclic) bond motifs is 2. The fourth-order valence-corrected chi connectivity index (χ4v) is 4.04. The normalized spacial score (nSPS) is 16.3. The molecule has 0 saturated carbocycles. The third kappa shape index (κ3) is 2.43. The number of rotatable bonds is 3. The van der Waals surface area contributed by atoms with Crippen molar-refractivity contribution in [2.24, 2.45) is 0 Å². The maximum atomic E-state index is 12.6. The van der Waals surface area contributed by atoms with Crippen LogP contribution in [0.3, 0.4) is 0 Å². The average molecular weight is 317 g/mol. The Morgan fingerprint density at radius 1 is 0.957 bits per heavy atom. The third-order valence-corrected chi connectivity index (χ3v) is 5.38. The summed E-state index contributed by atoms with van der Waals surface area (Å²) in [6.45, 7) is 4.12. The van der Waals surface area contributed by atoms with Gasteiger partial charge in [-0.15, -0.1) is 11.8 Å². The Balaban J connectivity index is 1.63. The first-order chi connectivity index (χ1) is 11.2. The van der Waals surface area contributed by atoms with E-state index < -0.39 is 0 Å². The molecule has 0 bridgehead atoms. The second kappa shape index (κ2) is 5.60. The number of thioether (sulfide) groups is 1. The van der Waals surface area contributed by atoms with Crippen LogP contribution in [0.2, 0.25) is 0 Å². The van der Waals surface area contributed by atoms with Crippen molar-refractivity contribution in [1.29, 1.82) is 0 Å². The molecule has 0 saturated heterocycles. The first-order valence-corrected chi connectivity index (χ1v) is 8.35. The Bertz CT molecular complexity index is 926. The van der Waals surface area contributed by atoms with E-state index in [0.29, 0.717) is 0 Å². The quantitative estimate of drug-likeness (QED) is 0.726. The largest absolute Gasteiger partial charge is 0.358 e. The van der Waals surface area contributed by atoms with Gasteiger partial charge in [-0.25, -0.2) is 0 Å². The van der Waals surface area contributed by atoms with Crippen molar-refractivity contribution in [2.45, 2.75) is 10.1 Å². The summed E-state index contributed by atoms with van der Waals surface area (Å²) >= 11 is 1.57. The highest BCUT2D eigenvalue weighted by atomic mass is 32.2. The van der Waals surface area contributed by atoms with E-state index in [1.54, 1.807) is 11.8 Å². The zero-order chi connectivity index (χ0) is 15.8. The molecule has 1 heterocycles. The number of Topliss-reactive ketones (excluding diaryl/α,β-unsaturated/α-hetero) is 1. The molecule has 0 spiro atoms. The molecule has 0 amide bonds. The number of nitrogens with one attached hydrogen (secondary N) is 1. The van der Waals surface area contributed by atoms with Gasteiger partial charge in [0.25, 0.3) is 0 Å². The summed E-state index contributed by atoms with van der Waals surface area (Å²) in [5.41, 5.74) is 2.51. The first kappa shape index (κ1) is 14.1. The Kier molecular flexibility index (Phi) is 3.43. The number of benzene rings is 3. The van der Waals surface area contributed by atoms with Crippen LogP contribution in [0, 0.1) is 0 Å². The van der Waals surface area contributed by atoms with E-state index in [2.05, 4.69) is 30.1 Å². The predicted molar refractivity (Wildman–Crippen MR) is 97.1 cm³/mol. The average Bonchev–Trinajstić information content (AvgIpc) is 2.93. The standard InChI is InChI=1S/C20H15NOS/c1-13(20-19(22)16-10-4-5-12-18(16)23-20)21-17-11-6-8-14-7-2-3-9-15(14)17/h2-12,20-21H,1H2/t20-/m0/s1.